The summed E-state index contributed by atoms with van der Waals surface area (Å²) in [6, 6.07) is 8.64. The van der Waals surface area contributed by atoms with Crippen LogP contribution in [0.5, 0.6) is 0 Å². The summed E-state index contributed by atoms with van der Waals surface area (Å²) in [6.07, 6.45) is 3.95. The van der Waals surface area contributed by atoms with E-state index in [0.29, 0.717) is 12.2 Å². The number of carbonyl (C=O) groups excluding carboxylic acids is 2. The number of carbonyl (C=O) groups is 2. The second kappa shape index (κ2) is 10.1. The van der Waals surface area contributed by atoms with Gasteiger partial charge in [0.1, 0.15) is 5.82 Å². The zero-order valence-electron chi connectivity index (χ0n) is 15.2. The van der Waals surface area contributed by atoms with Crippen molar-refractivity contribution in [2.24, 2.45) is 7.05 Å². The van der Waals surface area contributed by atoms with Gasteiger partial charge in [-0.1, -0.05) is 18.2 Å². The highest BCUT2D eigenvalue weighted by molar-refractivity contribution is 6.01. The van der Waals surface area contributed by atoms with Crippen LogP contribution in [0.2, 0.25) is 0 Å². The maximum atomic E-state index is 12.1. The van der Waals surface area contributed by atoms with Crippen molar-refractivity contribution in [3.05, 3.63) is 48.5 Å². The van der Waals surface area contributed by atoms with Gasteiger partial charge < -0.3 is 15.2 Å². The molecule has 146 valence electrons. The molecule has 2 aromatic rings. The number of nitrogens with one attached hydrogen (secondary N) is 3. The van der Waals surface area contributed by atoms with Gasteiger partial charge in [-0.25, -0.2) is 9.78 Å². The lowest BCUT2D eigenvalue weighted by atomic mass is 10.1. The first-order valence-electron chi connectivity index (χ1n) is 8.71. The normalized spacial score (nSPS) is 17.0. The minimum Gasteiger partial charge on any atom is -0.337 e. The average Bonchev–Trinajstić information content (AvgIpc) is 3.07. The smallest absolute Gasteiger partial charge is 0.325 e. The third kappa shape index (κ3) is 5.78. The summed E-state index contributed by atoms with van der Waals surface area (Å²) in [5.41, 5.74) is 0.648. The number of aryl methyl sites for hydroxylation is 1. The van der Waals surface area contributed by atoms with E-state index in [9.17, 15) is 9.59 Å². The van der Waals surface area contributed by atoms with Gasteiger partial charge in [-0.15, -0.1) is 12.4 Å². The predicted molar refractivity (Wildman–Crippen MR) is 106 cm³/mol. The first-order valence-corrected chi connectivity index (χ1v) is 8.71. The van der Waals surface area contributed by atoms with Crippen molar-refractivity contribution in [2.75, 3.05) is 31.5 Å². The zero-order chi connectivity index (χ0) is 18.4. The molecule has 1 saturated heterocycles. The van der Waals surface area contributed by atoms with E-state index < -0.39 is 6.03 Å². The Balaban J connectivity index is 0.00000261. The van der Waals surface area contributed by atoms with E-state index in [4.69, 9.17) is 0 Å². The summed E-state index contributed by atoms with van der Waals surface area (Å²) in [4.78, 5) is 30.7. The lowest BCUT2D eigenvalue weighted by Crippen LogP contribution is -2.48. The summed E-state index contributed by atoms with van der Waals surface area (Å²) < 4.78 is 2.00. The number of benzene rings is 1. The first-order chi connectivity index (χ1) is 12.6. The molecule has 3 rings (SSSR count). The van der Waals surface area contributed by atoms with Crippen LogP contribution in [0.3, 0.4) is 0 Å². The quantitative estimate of drug-likeness (QED) is 0.717. The summed E-state index contributed by atoms with van der Waals surface area (Å²) in [5.74, 6) is 0.676. The van der Waals surface area contributed by atoms with Crippen molar-refractivity contribution < 1.29 is 9.59 Å². The largest absolute Gasteiger partial charge is 0.337 e. The molecule has 1 aliphatic rings. The molecule has 1 unspecified atom stereocenters. The number of imide groups is 1. The number of para-hydroxylation sites is 1. The van der Waals surface area contributed by atoms with Gasteiger partial charge in [-0.3, -0.25) is 15.0 Å². The van der Waals surface area contributed by atoms with Gasteiger partial charge in [-0.05, 0) is 12.1 Å². The van der Waals surface area contributed by atoms with E-state index in [1.807, 2.05) is 36.0 Å². The van der Waals surface area contributed by atoms with E-state index in [1.54, 1.807) is 18.3 Å². The minimum atomic E-state index is -0.512. The molecule has 0 spiro atoms. The van der Waals surface area contributed by atoms with Crippen LogP contribution in [0, 0.1) is 0 Å². The van der Waals surface area contributed by atoms with Crippen LogP contribution in [-0.2, 0) is 11.8 Å². The topological polar surface area (TPSA) is 91.3 Å². The van der Waals surface area contributed by atoms with Gasteiger partial charge in [0.05, 0.1) is 6.04 Å². The molecule has 1 aromatic carbocycles. The number of nitrogens with zero attached hydrogens (tertiary/aromatic N) is 3. The Kier molecular flexibility index (Phi) is 7.78. The summed E-state index contributed by atoms with van der Waals surface area (Å²) in [7, 11) is 1.97. The van der Waals surface area contributed by atoms with Gasteiger partial charge in [0.2, 0.25) is 5.91 Å². The molecule has 3 N–H and O–H groups in total. The molecule has 27 heavy (non-hydrogen) atoms. The minimum absolute atomic E-state index is 0. The van der Waals surface area contributed by atoms with Crippen molar-refractivity contribution in [2.45, 2.75) is 12.5 Å². The van der Waals surface area contributed by atoms with Crippen LogP contribution in [-0.4, -0.2) is 52.6 Å². The standard InChI is InChI=1S/C18H24N6O2.ClH/c1-23-11-9-20-17(23)15-13-19-8-12-24(15)10-7-16(25)22-18(26)21-14-5-3-2-4-6-14;/h2-6,9,11,15,19H,7-8,10,12-13H2,1H3,(H2,21,22,25,26);1H. The Labute approximate surface area is 164 Å². The fraction of sp³-hybridized carbons (Fsp3) is 0.389. The number of amides is 3. The van der Waals surface area contributed by atoms with E-state index >= 15 is 0 Å². The highest BCUT2D eigenvalue weighted by Crippen LogP contribution is 2.20. The number of aromatic nitrogens is 2. The number of hydrogen-bond donors (Lipinski definition) is 3. The third-order valence-electron chi connectivity index (χ3n) is 4.42. The molecule has 0 aliphatic carbocycles. The van der Waals surface area contributed by atoms with E-state index in [1.165, 1.54) is 0 Å². The van der Waals surface area contributed by atoms with E-state index in [-0.39, 0.29) is 30.8 Å². The van der Waals surface area contributed by atoms with Gasteiger partial charge in [0.25, 0.3) is 0 Å². The highest BCUT2D eigenvalue weighted by atomic mass is 35.5. The summed E-state index contributed by atoms with van der Waals surface area (Å²) in [6.45, 7) is 3.07. The van der Waals surface area contributed by atoms with Gasteiger partial charge in [0, 0.05) is 57.7 Å². The molecule has 9 heteroatoms. The third-order valence-corrected chi connectivity index (χ3v) is 4.42. The fourth-order valence-electron chi connectivity index (χ4n) is 3.08. The molecule has 1 fully saturated rings. The molecule has 1 atom stereocenters. The number of hydrogen-bond acceptors (Lipinski definition) is 5. The number of piperazine rings is 1. The number of anilines is 1. The fourth-order valence-corrected chi connectivity index (χ4v) is 3.08. The van der Waals surface area contributed by atoms with Crippen LogP contribution >= 0.6 is 12.4 Å². The Bertz CT molecular complexity index is 751. The van der Waals surface area contributed by atoms with E-state index in [0.717, 1.165) is 25.5 Å². The molecular weight excluding hydrogens is 368 g/mol. The molecule has 1 aliphatic heterocycles. The SMILES string of the molecule is Cl.Cn1ccnc1C1CNCCN1CCC(=O)NC(=O)Nc1ccccc1. The lowest BCUT2D eigenvalue weighted by Gasteiger charge is -2.35. The molecule has 0 bridgehead atoms. The molecule has 2 heterocycles. The molecule has 1 aromatic heterocycles. The van der Waals surface area contributed by atoms with Crippen molar-refractivity contribution in [3.63, 3.8) is 0 Å². The molecule has 0 radical (unpaired) electrons. The Morgan fingerprint density at radius 3 is 2.78 bits per heavy atom. The number of imidazole rings is 1. The molecular formula is C18H25ClN6O2. The van der Waals surface area contributed by atoms with Crippen LogP contribution in [0.15, 0.2) is 42.7 Å². The maximum Gasteiger partial charge on any atom is 0.325 e. The average molecular weight is 393 g/mol. The molecule has 0 saturated carbocycles. The Morgan fingerprint density at radius 2 is 2.07 bits per heavy atom. The Morgan fingerprint density at radius 1 is 1.30 bits per heavy atom. The predicted octanol–water partition coefficient (Wildman–Crippen LogP) is 1.53. The van der Waals surface area contributed by atoms with Crippen LogP contribution in [0.1, 0.15) is 18.3 Å². The zero-order valence-corrected chi connectivity index (χ0v) is 16.0. The van der Waals surface area contributed by atoms with Crippen LogP contribution in [0.4, 0.5) is 10.5 Å². The number of urea groups is 1. The second-order valence-electron chi connectivity index (χ2n) is 6.27. The van der Waals surface area contributed by atoms with Crippen molar-refractivity contribution in [3.8, 4) is 0 Å². The monoisotopic (exact) mass is 392 g/mol. The van der Waals surface area contributed by atoms with Crippen LogP contribution in [0.25, 0.3) is 0 Å². The molecule has 3 amide bonds. The van der Waals surface area contributed by atoms with Crippen molar-refractivity contribution in [1.82, 2.24) is 25.1 Å². The van der Waals surface area contributed by atoms with E-state index in [2.05, 4.69) is 25.8 Å². The maximum absolute atomic E-state index is 12.1. The number of rotatable bonds is 5. The van der Waals surface area contributed by atoms with Gasteiger partial charge >= 0.3 is 6.03 Å². The highest BCUT2D eigenvalue weighted by Gasteiger charge is 2.27. The summed E-state index contributed by atoms with van der Waals surface area (Å²) in [5, 5.41) is 8.39. The van der Waals surface area contributed by atoms with Gasteiger partial charge in [-0.2, -0.15) is 0 Å². The first kappa shape index (κ1) is 20.9. The van der Waals surface area contributed by atoms with Crippen LogP contribution < -0.4 is 16.0 Å². The number of halogens is 1. The second-order valence-corrected chi connectivity index (χ2v) is 6.27. The van der Waals surface area contributed by atoms with Crippen molar-refractivity contribution >= 4 is 30.0 Å². The van der Waals surface area contributed by atoms with Gasteiger partial charge in [0.15, 0.2) is 0 Å². The molecule has 8 nitrogen and oxygen atoms in total. The van der Waals surface area contributed by atoms with Crippen molar-refractivity contribution in [1.29, 1.82) is 0 Å². The Hall–Kier alpha value is -2.42. The lowest BCUT2D eigenvalue weighted by molar-refractivity contribution is -0.120. The summed E-state index contributed by atoms with van der Waals surface area (Å²) >= 11 is 0.